The third-order valence-corrected chi connectivity index (χ3v) is 5.22. The van der Waals surface area contributed by atoms with Crippen molar-refractivity contribution in [1.82, 2.24) is 16.2 Å². The largest absolute Gasteiger partial charge is 0.340 e. The maximum absolute atomic E-state index is 12.6. The van der Waals surface area contributed by atoms with Crippen LogP contribution in [-0.4, -0.2) is 35.8 Å². The van der Waals surface area contributed by atoms with Crippen molar-refractivity contribution >= 4 is 29.5 Å². The summed E-state index contributed by atoms with van der Waals surface area (Å²) in [6.45, 7) is 6.29. The number of hydrogen-bond acceptors (Lipinski definition) is 4. The first-order valence-electron chi connectivity index (χ1n) is 9.78. The summed E-state index contributed by atoms with van der Waals surface area (Å²) in [4.78, 5) is 37.4. The van der Waals surface area contributed by atoms with E-state index >= 15 is 0 Å². The molecule has 0 fully saturated rings. The molecule has 0 radical (unpaired) electrons. The van der Waals surface area contributed by atoms with Gasteiger partial charge in [-0.2, -0.15) is 11.8 Å². The van der Waals surface area contributed by atoms with E-state index in [1.54, 1.807) is 48.2 Å². The van der Waals surface area contributed by atoms with Gasteiger partial charge in [0, 0.05) is 11.1 Å². The first kappa shape index (κ1) is 23.5. The Balaban J connectivity index is 1.97. The van der Waals surface area contributed by atoms with E-state index < -0.39 is 17.9 Å². The molecule has 6 nitrogen and oxygen atoms in total. The molecular weight excluding hydrogens is 398 g/mol. The van der Waals surface area contributed by atoms with Crippen LogP contribution < -0.4 is 16.2 Å². The molecule has 7 heteroatoms. The van der Waals surface area contributed by atoms with E-state index in [4.69, 9.17) is 0 Å². The van der Waals surface area contributed by atoms with Crippen LogP contribution in [0.15, 0.2) is 54.6 Å². The Morgan fingerprint density at radius 1 is 0.867 bits per heavy atom. The highest BCUT2D eigenvalue weighted by molar-refractivity contribution is 7.98. The van der Waals surface area contributed by atoms with Crippen molar-refractivity contribution in [2.24, 2.45) is 0 Å². The Morgan fingerprint density at radius 3 is 2.03 bits per heavy atom. The lowest BCUT2D eigenvalue weighted by Crippen LogP contribution is -2.52. The Hall–Kier alpha value is -2.80. The SMILES string of the molecule is CSCC[C@H](NC(=O)c1ccccc1)C(=O)NNC(=O)c1ccc(C(C)(C)C)cc1. The van der Waals surface area contributed by atoms with E-state index in [1.807, 2.05) is 24.5 Å². The molecule has 0 bridgehead atoms. The summed E-state index contributed by atoms with van der Waals surface area (Å²) in [6, 6.07) is 15.2. The minimum Gasteiger partial charge on any atom is -0.340 e. The van der Waals surface area contributed by atoms with E-state index in [9.17, 15) is 14.4 Å². The summed E-state index contributed by atoms with van der Waals surface area (Å²) in [7, 11) is 0. The summed E-state index contributed by atoms with van der Waals surface area (Å²) >= 11 is 1.58. The molecule has 1 atom stereocenters. The molecule has 0 aliphatic heterocycles. The van der Waals surface area contributed by atoms with E-state index in [1.165, 1.54) is 0 Å². The zero-order chi connectivity index (χ0) is 22.1. The van der Waals surface area contributed by atoms with Crippen LogP contribution in [0.2, 0.25) is 0 Å². The van der Waals surface area contributed by atoms with Gasteiger partial charge < -0.3 is 5.32 Å². The number of amides is 3. The zero-order valence-corrected chi connectivity index (χ0v) is 18.6. The monoisotopic (exact) mass is 427 g/mol. The van der Waals surface area contributed by atoms with Gasteiger partial charge in [0.2, 0.25) is 0 Å². The van der Waals surface area contributed by atoms with Gasteiger partial charge in [0.1, 0.15) is 6.04 Å². The van der Waals surface area contributed by atoms with Gasteiger partial charge in [-0.25, -0.2) is 0 Å². The molecule has 2 aromatic rings. The maximum atomic E-state index is 12.6. The summed E-state index contributed by atoms with van der Waals surface area (Å²) < 4.78 is 0. The maximum Gasteiger partial charge on any atom is 0.269 e. The van der Waals surface area contributed by atoms with Gasteiger partial charge in [0.15, 0.2) is 0 Å². The topological polar surface area (TPSA) is 87.3 Å². The lowest BCUT2D eigenvalue weighted by Gasteiger charge is -2.20. The predicted molar refractivity (Wildman–Crippen MR) is 121 cm³/mol. The molecule has 30 heavy (non-hydrogen) atoms. The number of carbonyl (C=O) groups excluding carboxylic acids is 3. The number of hydrazine groups is 1. The molecule has 0 heterocycles. The molecule has 0 aromatic heterocycles. The Bertz CT molecular complexity index is 862. The summed E-state index contributed by atoms with van der Waals surface area (Å²) in [5, 5.41) is 2.74. The minimum absolute atomic E-state index is 0.00923. The van der Waals surface area contributed by atoms with Gasteiger partial charge in [-0.15, -0.1) is 0 Å². The zero-order valence-electron chi connectivity index (χ0n) is 17.8. The van der Waals surface area contributed by atoms with Crippen molar-refractivity contribution in [3.63, 3.8) is 0 Å². The fraction of sp³-hybridized carbons (Fsp3) is 0.348. The number of nitrogens with one attached hydrogen (secondary N) is 3. The van der Waals surface area contributed by atoms with Crippen molar-refractivity contribution in [2.45, 2.75) is 38.6 Å². The first-order valence-corrected chi connectivity index (χ1v) is 11.2. The normalized spacial score (nSPS) is 12.0. The second-order valence-corrected chi connectivity index (χ2v) is 8.93. The van der Waals surface area contributed by atoms with Crippen LogP contribution in [-0.2, 0) is 10.2 Å². The van der Waals surface area contributed by atoms with E-state index in [-0.39, 0.29) is 11.3 Å². The van der Waals surface area contributed by atoms with Gasteiger partial charge >= 0.3 is 0 Å². The molecule has 3 N–H and O–H groups in total. The highest BCUT2D eigenvalue weighted by Crippen LogP contribution is 2.22. The number of thioether (sulfide) groups is 1. The number of benzene rings is 2. The molecule has 0 spiro atoms. The van der Waals surface area contributed by atoms with E-state index in [2.05, 4.69) is 36.9 Å². The van der Waals surface area contributed by atoms with Crippen LogP contribution in [0.4, 0.5) is 0 Å². The lowest BCUT2D eigenvalue weighted by molar-refractivity contribution is -0.123. The first-order chi connectivity index (χ1) is 14.2. The molecule has 0 saturated heterocycles. The van der Waals surface area contributed by atoms with Gasteiger partial charge in [-0.3, -0.25) is 25.2 Å². The van der Waals surface area contributed by atoms with E-state index in [0.717, 1.165) is 5.56 Å². The minimum atomic E-state index is -0.756. The van der Waals surface area contributed by atoms with Crippen LogP contribution in [0.3, 0.4) is 0 Å². The highest BCUT2D eigenvalue weighted by atomic mass is 32.2. The average Bonchev–Trinajstić information content (AvgIpc) is 2.74. The van der Waals surface area contributed by atoms with Crippen LogP contribution in [0.5, 0.6) is 0 Å². The van der Waals surface area contributed by atoms with Crippen molar-refractivity contribution in [3.05, 3.63) is 71.3 Å². The van der Waals surface area contributed by atoms with Crippen molar-refractivity contribution in [2.75, 3.05) is 12.0 Å². The molecule has 2 rings (SSSR count). The molecule has 0 unspecified atom stereocenters. The van der Waals surface area contributed by atoms with E-state index in [0.29, 0.717) is 23.3 Å². The van der Waals surface area contributed by atoms with Gasteiger partial charge in [0.25, 0.3) is 17.7 Å². The predicted octanol–water partition coefficient (Wildman–Crippen LogP) is 3.30. The Labute approximate surface area is 182 Å². The quantitative estimate of drug-likeness (QED) is 0.592. The molecule has 160 valence electrons. The molecule has 3 amide bonds. The number of rotatable bonds is 7. The standard InChI is InChI=1S/C23H29N3O3S/c1-23(2,3)18-12-10-17(11-13-18)21(28)25-26-22(29)19(14-15-30-4)24-20(27)16-8-6-5-7-9-16/h5-13,19H,14-15H2,1-4H3,(H,24,27)(H,25,28)(H,26,29)/t19-/m0/s1. The molecule has 0 aliphatic carbocycles. The number of carbonyl (C=O) groups is 3. The lowest BCUT2D eigenvalue weighted by atomic mass is 9.87. The Kier molecular flexibility index (Phi) is 8.47. The Morgan fingerprint density at radius 2 is 1.47 bits per heavy atom. The van der Waals surface area contributed by atoms with Crippen LogP contribution in [0, 0.1) is 0 Å². The number of hydrogen-bond donors (Lipinski definition) is 3. The second-order valence-electron chi connectivity index (χ2n) is 7.94. The van der Waals surface area contributed by atoms with Crippen LogP contribution in [0.1, 0.15) is 53.5 Å². The van der Waals surface area contributed by atoms with Gasteiger partial charge in [-0.1, -0.05) is 51.1 Å². The summed E-state index contributed by atoms with van der Waals surface area (Å²) in [5.74, 6) is -0.522. The summed E-state index contributed by atoms with van der Waals surface area (Å²) in [5.41, 5.74) is 6.88. The molecule has 0 aliphatic rings. The third kappa shape index (κ3) is 6.91. The second kappa shape index (κ2) is 10.8. The third-order valence-electron chi connectivity index (χ3n) is 4.58. The fourth-order valence-corrected chi connectivity index (χ4v) is 3.21. The smallest absolute Gasteiger partial charge is 0.269 e. The van der Waals surface area contributed by atoms with Crippen molar-refractivity contribution in [3.8, 4) is 0 Å². The highest BCUT2D eigenvalue weighted by Gasteiger charge is 2.22. The van der Waals surface area contributed by atoms with Crippen molar-refractivity contribution < 1.29 is 14.4 Å². The van der Waals surface area contributed by atoms with Crippen LogP contribution >= 0.6 is 11.8 Å². The molecule has 0 saturated carbocycles. The molecule has 2 aromatic carbocycles. The fourth-order valence-electron chi connectivity index (χ4n) is 2.73. The summed E-state index contributed by atoms with van der Waals surface area (Å²) in [6.07, 6.45) is 2.37. The van der Waals surface area contributed by atoms with Gasteiger partial charge in [-0.05, 0) is 53.7 Å². The molecular formula is C23H29N3O3S. The van der Waals surface area contributed by atoms with Crippen LogP contribution in [0.25, 0.3) is 0 Å². The van der Waals surface area contributed by atoms with Gasteiger partial charge in [0.05, 0.1) is 0 Å². The van der Waals surface area contributed by atoms with Crippen molar-refractivity contribution in [1.29, 1.82) is 0 Å². The average molecular weight is 428 g/mol.